The highest BCUT2D eigenvalue weighted by atomic mass is 16.2. The number of nitrogens with zero attached hydrogens (tertiary/aromatic N) is 3. The number of imide groups is 1. The van der Waals surface area contributed by atoms with E-state index in [1.165, 1.54) is 17.7 Å². The van der Waals surface area contributed by atoms with Gasteiger partial charge >= 0.3 is 6.03 Å². The Bertz CT molecular complexity index is 698. The van der Waals surface area contributed by atoms with Crippen LogP contribution in [0.25, 0.3) is 0 Å². The van der Waals surface area contributed by atoms with Crippen molar-refractivity contribution in [2.24, 2.45) is 0 Å². The van der Waals surface area contributed by atoms with Gasteiger partial charge < -0.3 is 10.2 Å². The third-order valence-electron chi connectivity index (χ3n) is 5.18. The molecule has 0 aromatic heterocycles. The molecule has 2 aliphatic rings. The average molecular weight is 387 g/mol. The lowest BCUT2D eigenvalue weighted by Crippen LogP contribution is -2.49. The number of amides is 4. The molecule has 2 N–H and O–H groups in total. The SMILES string of the molecule is CCCCN1CCN(CC(=O)Nc2ccc(N3CCC(=O)NC3=O)cc2)CC1. The van der Waals surface area contributed by atoms with Crippen molar-refractivity contribution in [3.63, 3.8) is 0 Å². The summed E-state index contributed by atoms with van der Waals surface area (Å²) in [6.45, 7) is 7.96. The summed E-state index contributed by atoms with van der Waals surface area (Å²) in [4.78, 5) is 41.6. The van der Waals surface area contributed by atoms with Crippen LogP contribution in [0.2, 0.25) is 0 Å². The summed E-state index contributed by atoms with van der Waals surface area (Å²) in [6.07, 6.45) is 2.73. The quantitative estimate of drug-likeness (QED) is 0.740. The van der Waals surface area contributed by atoms with E-state index in [2.05, 4.69) is 27.4 Å². The first-order chi connectivity index (χ1) is 13.5. The minimum Gasteiger partial charge on any atom is -0.325 e. The molecule has 8 nitrogen and oxygen atoms in total. The van der Waals surface area contributed by atoms with Crippen LogP contribution in [0.4, 0.5) is 16.2 Å². The topological polar surface area (TPSA) is 85.0 Å². The molecular formula is C20H29N5O3. The number of hydrogen-bond acceptors (Lipinski definition) is 5. The first-order valence-electron chi connectivity index (χ1n) is 10.0. The fourth-order valence-corrected chi connectivity index (χ4v) is 3.49. The Kier molecular flexibility index (Phi) is 7.00. The molecule has 2 fully saturated rings. The molecule has 1 aromatic rings. The van der Waals surface area contributed by atoms with Crippen molar-refractivity contribution < 1.29 is 14.4 Å². The van der Waals surface area contributed by atoms with Crippen molar-refractivity contribution >= 4 is 29.2 Å². The second kappa shape index (κ2) is 9.66. The molecule has 8 heteroatoms. The van der Waals surface area contributed by atoms with Crippen molar-refractivity contribution in [1.82, 2.24) is 15.1 Å². The van der Waals surface area contributed by atoms with Gasteiger partial charge in [0.15, 0.2) is 0 Å². The van der Waals surface area contributed by atoms with Crippen LogP contribution in [0, 0.1) is 0 Å². The summed E-state index contributed by atoms with van der Waals surface area (Å²) < 4.78 is 0. The molecule has 0 saturated carbocycles. The molecule has 0 aliphatic carbocycles. The van der Waals surface area contributed by atoms with Gasteiger partial charge in [-0.2, -0.15) is 0 Å². The summed E-state index contributed by atoms with van der Waals surface area (Å²) in [7, 11) is 0. The average Bonchev–Trinajstić information content (AvgIpc) is 2.68. The molecule has 0 radical (unpaired) electrons. The minimum absolute atomic E-state index is 0.0314. The van der Waals surface area contributed by atoms with Crippen LogP contribution in [0.3, 0.4) is 0 Å². The van der Waals surface area contributed by atoms with Crippen LogP contribution in [0.1, 0.15) is 26.2 Å². The first kappa shape index (κ1) is 20.3. The maximum absolute atomic E-state index is 12.3. The predicted octanol–water partition coefficient (Wildman–Crippen LogP) is 1.49. The van der Waals surface area contributed by atoms with Crippen LogP contribution >= 0.6 is 0 Å². The lowest BCUT2D eigenvalue weighted by atomic mass is 10.2. The van der Waals surface area contributed by atoms with Gasteiger partial charge in [-0.3, -0.25) is 24.7 Å². The zero-order valence-corrected chi connectivity index (χ0v) is 16.4. The van der Waals surface area contributed by atoms with E-state index in [9.17, 15) is 14.4 Å². The zero-order chi connectivity index (χ0) is 19.9. The molecule has 4 amide bonds. The molecule has 152 valence electrons. The van der Waals surface area contributed by atoms with Gasteiger partial charge in [0, 0.05) is 50.5 Å². The fourth-order valence-electron chi connectivity index (χ4n) is 3.49. The molecule has 0 spiro atoms. The van der Waals surface area contributed by atoms with E-state index in [4.69, 9.17) is 0 Å². The zero-order valence-electron chi connectivity index (χ0n) is 16.4. The Morgan fingerprint density at radius 3 is 2.36 bits per heavy atom. The Labute approximate surface area is 165 Å². The largest absolute Gasteiger partial charge is 0.328 e. The number of urea groups is 1. The second-order valence-corrected chi connectivity index (χ2v) is 7.32. The minimum atomic E-state index is -0.411. The van der Waals surface area contributed by atoms with E-state index in [-0.39, 0.29) is 18.2 Å². The van der Waals surface area contributed by atoms with Crippen LogP contribution < -0.4 is 15.5 Å². The summed E-state index contributed by atoms with van der Waals surface area (Å²) in [5.41, 5.74) is 1.40. The van der Waals surface area contributed by atoms with E-state index in [0.29, 0.717) is 24.5 Å². The van der Waals surface area contributed by atoms with Gasteiger partial charge in [0.2, 0.25) is 11.8 Å². The van der Waals surface area contributed by atoms with Crippen molar-refractivity contribution in [3.8, 4) is 0 Å². The summed E-state index contributed by atoms with van der Waals surface area (Å²) >= 11 is 0. The molecule has 2 heterocycles. The van der Waals surface area contributed by atoms with Crippen molar-refractivity contribution in [2.45, 2.75) is 26.2 Å². The Balaban J connectivity index is 1.45. The number of nitrogens with one attached hydrogen (secondary N) is 2. The van der Waals surface area contributed by atoms with E-state index >= 15 is 0 Å². The fraction of sp³-hybridized carbons (Fsp3) is 0.550. The van der Waals surface area contributed by atoms with Gasteiger partial charge in [-0.05, 0) is 37.2 Å². The molecule has 0 unspecified atom stereocenters. The number of anilines is 2. The maximum atomic E-state index is 12.3. The number of piperazine rings is 1. The molecule has 2 saturated heterocycles. The number of carbonyl (C=O) groups is 3. The molecular weight excluding hydrogens is 358 g/mol. The Hall–Kier alpha value is -2.45. The van der Waals surface area contributed by atoms with Gasteiger partial charge in [0.05, 0.1) is 6.54 Å². The van der Waals surface area contributed by atoms with Crippen LogP contribution in [0.5, 0.6) is 0 Å². The van der Waals surface area contributed by atoms with Crippen molar-refractivity contribution in [1.29, 1.82) is 0 Å². The van der Waals surface area contributed by atoms with Crippen LogP contribution in [-0.4, -0.2) is 73.5 Å². The summed E-state index contributed by atoms with van der Waals surface area (Å²) in [5, 5.41) is 5.22. The van der Waals surface area contributed by atoms with Gasteiger partial charge in [-0.25, -0.2) is 4.79 Å². The third kappa shape index (κ3) is 5.53. The summed E-state index contributed by atoms with van der Waals surface area (Å²) in [5.74, 6) is -0.285. The lowest BCUT2D eigenvalue weighted by molar-refractivity contribution is -0.120. The molecule has 1 aromatic carbocycles. The van der Waals surface area contributed by atoms with Gasteiger partial charge in [-0.15, -0.1) is 0 Å². The lowest BCUT2D eigenvalue weighted by Gasteiger charge is -2.34. The smallest absolute Gasteiger partial charge is 0.325 e. The predicted molar refractivity (Wildman–Crippen MR) is 108 cm³/mol. The molecule has 28 heavy (non-hydrogen) atoms. The number of unbranched alkanes of at least 4 members (excludes halogenated alkanes) is 1. The molecule has 0 atom stereocenters. The number of rotatable bonds is 7. The Morgan fingerprint density at radius 1 is 1.04 bits per heavy atom. The highest BCUT2D eigenvalue weighted by Gasteiger charge is 2.24. The monoisotopic (exact) mass is 387 g/mol. The van der Waals surface area contributed by atoms with Crippen molar-refractivity contribution in [3.05, 3.63) is 24.3 Å². The molecule has 0 bridgehead atoms. The normalized spacial score (nSPS) is 18.8. The standard InChI is InChI=1S/C20H29N5O3/c1-2-3-9-23-11-13-24(14-12-23)15-19(27)21-16-4-6-17(7-5-16)25-10-8-18(26)22-20(25)28/h4-7H,2-3,8-15H2,1H3,(H,21,27)(H,22,26,28). The van der Waals surface area contributed by atoms with E-state index in [1.54, 1.807) is 24.3 Å². The molecule has 2 aliphatic heterocycles. The summed E-state index contributed by atoms with van der Waals surface area (Å²) in [6, 6.07) is 6.69. The van der Waals surface area contributed by atoms with Crippen molar-refractivity contribution in [2.75, 3.05) is 56.0 Å². The number of hydrogen-bond donors (Lipinski definition) is 2. The third-order valence-corrected chi connectivity index (χ3v) is 5.18. The first-order valence-corrected chi connectivity index (χ1v) is 10.0. The van der Waals surface area contributed by atoms with Gasteiger partial charge in [-0.1, -0.05) is 13.3 Å². The maximum Gasteiger partial charge on any atom is 0.328 e. The Morgan fingerprint density at radius 2 is 1.71 bits per heavy atom. The van der Waals surface area contributed by atoms with Crippen LogP contribution in [0.15, 0.2) is 24.3 Å². The second-order valence-electron chi connectivity index (χ2n) is 7.32. The number of benzene rings is 1. The highest BCUT2D eigenvalue weighted by molar-refractivity contribution is 6.05. The van der Waals surface area contributed by atoms with E-state index in [0.717, 1.165) is 32.7 Å². The van der Waals surface area contributed by atoms with E-state index in [1.807, 2.05) is 0 Å². The van der Waals surface area contributed by atoms with Gasteiger partial charge in [0.25, 0.3) is 0 Å². The van der Waals surface area contributed by atoms with Gasteiger partial charge in [0.1, 0.15) is 0 Å². The van der Waals surface area contributed by atoms with Crippen LogP contribution in [-0.2, 0) is 9.59 Å². The number of carbonyl (C=O) groups excluding carboxylic acids is 3. The molecule has 3 rings (SSSR count). The van der Waals surface area contributed by atoms with E-state index < -0.39 is 6.03 Å². The highest BCUT2D eigenvalue weighted by Crippen LogP contribution is 2.20.